The highest BCUT2D eigenvalue weighted by Crippen LogP contribution is 2.29. The first-order valence-corrected chi connectivity index (χ1v) is 9.73. The molecule has 168 valence electrons. The lowest BCUT2D eigenvalue weighted by molar-refractivity contribution is -0.119. The van der Waals surface area contributed by atoms with Gasteiger partial charge in [-0.25, -0.2) is 14.5 Å². The maximum absolute atomic E-state index is 12.5. The molecular weight excluding hydrogens is 418 g/mol. The highest BCUT2D eigenvalue weighted by Gasteiger charge is 2.32. The Morgan fingerprint density at radius 1 is 1.06 bits per heavy atom. The van der Waals surface area contributed by atoms with E-state index in [1.165, 1.54) is 49.1 Å². The third kappa shape index (κ3) is 4.97. The normalized spacial score (nSPS) is 15.0. The van der Waals surface area contributed by atoms with E-state index in [9.17, 15) is 19.2 Å². The molecule has 0 bridgehead atoms. The first kappa shape index (κ1) is 22.6. The van der Waals surface area contributed by atoms with Gasteiger partial charge in [-0.1, -0.05) is 0 Å². The monoisotopic (exact) mass is 441 g/mol. The SMILES string of the molecule is COC(=O)N(c1ccc(N2CC(CNC(C)=O)OC2=O)cc1)c1ccc(OC)c(=O)cc1. The molecule has 2 aromatic carbocycles. The summed E-state index contributed by atoms with van der Waals surface area (Å²) in [6, 6.07) is 12.4. The van der Waals surface area contributed by atoms with Gasteiger partial charge in [-0.15, -0.1) is 0 Å². The molecule has 3 rings (SSSR count). The Morgan fingerprint density at radius 3 is 2.28 bits per heavy atom. The van der Waals surface area contributed by atoms with Crippen LogP contribution in [0.5, 0.6) is 5.75 Å². The minimum absolute atomic E-state index is 0.137. The number of ether oxygens (including phenoxy) is 3. The minimum Gasteiger partial charge on any atom is -0.493 e. The number of nitrogens with one attached hydrogen (secondary N) is 1. The average molecular weight is 441 g/mol. The van der Waals surface area contributed by atoms with Crippen LogP contribution >= 0.6 is 0 Å². The van der Waals surface area contributed by atoms with Crippen molar-refractivity contribution in [1.29, 1.82) is 0 Å². The van der Waals surface area contributed by atoms with Crippen LogP contribution in [-0.2, 0) is 14.3 Å². The number of methoxy groups -OCH3 is 2. The molecule has 0 aromatic heterocycles. The molecule has 0 saturated carbocycles. The van der Waals surface area contributed by atoms with Crippen LogP contribution in [0.15, 0.2) is 53.3 Å². The number of benzene rings is 1. The molecule has 2 aromatic rings. The van der Waals surface area contributed by atoms with E-state index in [2.05, 4.69) is 5.32 Å². The van der Waals surface area contributed by atoms with Gasteiger partial charge >= 0.3 is 12.2 Å². The van der Waals surface area contributed by atoms with E-state index in [1.807, 2.05) is 0 Å². The number of nitrogens with zero attached hydrogens (tertiary/aromatic N) is 2. The Hall–Kier alpha value is -4.08. The van der Waals surface area contributed by atoms with E-state index in [-0.39, 0.29) is 30.2 Å². The van der Waals surface area contributed by atoms with Crippen molar-refractivity contribution in [2.45, 2.75) is 13.0 Å². The Morgan fingerprint density at radius 2 is 1.69 bits per heavy atom. The molecule has 32 heavy (non-hydrogen) atoms. The fourth-order valence-corrected chi connectivity index (χ4v) is 3.19. The molecule has 1 N–H and O–H groups in total. The number of cyclic esters (lactones) is 1. The summed E-state index contributed by atoms with van der Waals surface area (Å²) in [6.07, 6.45) is -1.65. The molecule has 3 amide bonds. The number of carbonyl (C=O) groups is 3. The zero-order valence-electron chi connectivity index (χ0n) is 17.9. The van der Waals surface area contributed by atoms with Crippen molar-refractivity contribution in [1.82, 2.24) is 5.32 Å². The number of hydrogen-bond acceptors (Lipinski definition) is 7. The largest absolute Gasteiger partial charge is 0.493 e. The van der Waals surface area contributed by atoms with Crippen molar-refractivity contribution in [2.75, 3.05) is 37.1 Å². The molecule has 1 atom stereocenters. The van der Waals surface area contributed by atoms with Crippen LogP contribution in [0.1, 0.15) is 6.92 Å². The van der Waals surface area contributed by atoms with Crippen molar-refractivity contribution >= 4 is 35.2 Å². The van der Waals surface area contributed by atoms with Crippen molar-refractivity contribution in [3.8, 4) is 5.75 Å². The summed E-state index contributed by atoms with van der Waals surface area (Å²) < 4.78 is 15.2. The minimum atomic E-state index is -0.661. The zero-order valence-corrected chi connectivity index (χ0v) is 17.9. The molecule has 1 aliphatic rings. The highest BCUT2D eigenvalue weighted by molar-refractivity contribution is 5.96. The molecule has 0 spiro atoms. The molecule has 10 nitrogen and oxygen atoms in total. The van der Waals surface area contributed by atoms with Crippen LogP contribution < -0.4 is 25.3 Å². The average Bonchev–Trinajstić information content (AvgIpc) is 3.06. The second-order valence-electron chi connectivity index (χ2n) is 6.90. The molecule has 1 fully saturated rings. The van der Waals surface area contributed by atoms with E-state index < -0.39 is 18.3 Å². The van der Waals surface area contributed by atoms with Crippen molar-refractivity contribution in [3.63, 3.8) is 0 Å². The fourth-order valence-electron chi connectivity index (χ4n) is 3.19. The van der Waals surface area contributed by atoms with Gasteiger partial charge in [-0.2, -0.15) is 0 Å². The highest BCUT2D eigenvalue weighted by atomic mass is 16.6. The van der Waals surface area contributed by atoms with Gasteiger partial charge in [0.25, 0.3) is 0 Å². The summed E-state index contributed by atoms with van der Waals surface area (Å²) in [5, 5.41) is 2.62. The van der Waals surface area contributed by atoms with Crippen molar-refractivity contribution < 1.29 is 28.6 Å². The summed E-state index contributed by atoms with van der Waals surface area (Å²) in [6.45, 7) is 1.89. The number of amides is 3. The lowest BCUT2D eigenvalue weighted by atomic mass is 10.2. The van der Waals surface area contributed by atoms with Gasteiger partial charge in [-0.05, 0) is 48.5 Å². The smallest absolute Gasteiger partial charge is 0.418 e. The molecule has 10 heteroatoms. The number of carbonyl (C=O) groups excluding carboxylic acids is 3. The van der Waals surface area contributed by atoms with Gasteiger partial charge in [-0.3, -0.25) is 14.5 Å². The van der Waals surface area contributed by atoms with E-state index in [0.29, 0.717) is 17.1 Å². The first-order chi connectivity index (χ1) is 15.3. The number of hydrogen-bond donors (Lipinski definition) is 1. The predicted molar refractivity (Wildman–Crippen MR) is 117 cm³/mol. The summed E-state index contributed by atoms with van der Waals surface area (Å²) in [5.41, 5.74) is 1.08. The molecule has 1 unspecified atom stereocenters. The summed E-state index contributed by atoms with van der Waals surface area (Å²) >= 11 is 0. The number of anilines is 3. The van der Waals surface area contributed by atoms with E-state index in [1.54, 1.807) is 30.3 Å². The third-order valence-electron chi connectivity index (χ3n) is 4.76. The van der Waals surface area contributed by atoms with Crippen molar-refractivity contribution in [3.05, 3.63) is 58.8 Å². The van der Waals surface area contributed by atoms with Crippen LogP contribution in [0, 0.1) is 0 Å². The lowest BCUT2D eigenvalue weighted by Gasteiger charge is -2.22. The van der Waals surface area contributed by atoms with Crippen LogP contribution in [0.2, 0.25) is 0 Å². The summed E-state index contributed by atoms with van der Waals surface area (Å²) in [7, 11) is 2.64. The van der Waals surface area contributed by atoms with Gasteiger partial charge < -0.3 is 19.5 Å². The lowest BCUT2D eigenvalue weighted by Crippen LogP contribution is -2.33. The Labute approximate surface area is 184 Å². The van der Waals surface area contributed by atoms with Crippen LogP contribution in [-0.4, -0.2) is 51.5 Å². The molecule has 0 radical (unpaired) electrons. The summed E-state index contributed by atoms with van der Waals surface area (Å²) in [5.74, 6) is -0.0689. The zero-order chi connectivity index (χ0) is 23.3. The Kier molecular flexibility index (Phi) is 6.93. The fraction of sp³-hybridized carbons (Fsp3) is 0.273. The topological polar surface area (TPSA) is 114 Å². The van der Waals surface area contributed by atoms with E-state index in [4.69, 9.17) is 14.2 Å². The van der Waals surface area contributed by atoms with Gasteiger partial charge in [0.2, 0.25) is 11.3 Å². The second-order valence-corrected chi connectivity index (χ2v) is 6.90. The Bertz CT molecular complexity index is 1070. The molecule has 1 saturated heterocycles. The molecular formula is C22H23N3O7. The second kappa shape index (κ2) is 9.82. The first-order valence-electron chi connectivity index (χ1n) is 9.73. The van der Waals surface area contributed by atoms with E-state index >= 15 is 0 Å². The van der Waals surface area contributed by atoms with Crippen LogP contribution in [0.25, 0.3) is 0 Å². The van der Waals surface area contributed by atoms with Crippen LogP contribution in [0.3, 0.4) is 0 Å². The van der Waals surface area contributed by atoms with E-state index in [0.717, 1.165) is 0 Å². The molecule has 0 aliphatic carbocycles. The predicted octanol–water partition coefficient (Wildman–Crippen LogP) is 2.42. The number of rotatable bonds is 6. The molecule has 1 heterocycles. The van der Waals surface area contributed by atoms with Gasteiger partial charge in [0.1, 0.15) is 6.10 Å². The third-order valence-corrected chi connectivity index (χ3v) is 4.76. The van der Waals surface area contributed by atoms with Crippen LogP contribution in [0.4, 0.5) is 26.7 Å². The molecule has 1 aliphatic heterocycles. The van der Waals surface area contributed by atoms with Gasteiger partial charge in [0.15, 0.2) is 5.75 Å². The van der Waals surface area contributed by atoms with Gasteiger partial charge in [0.05, 0.1) is 38.7 Å². The Balaban J connectivity index is 1.86. The maximum atomic E-state index is 12.5. The van der Waals surface area contributed by atoms with Gasteiger partial charge in [0, 0.05) is 12.6 Å². The quantitative estimate of drug-likeness (QED) is 0.732. The standard InChI is InChI=1S/C22H23N3O7/c1-14(26)23-12-18-13-24(21(28)32-18)15-4-6-16(7-5-15)25(22(29)31-3)17-8-10-19(27)20(30-2)11-9-17/h4-11,18H,12-13H2,1-3H3,(H,23,26). The van der Waals surface area contributed by atoms with Crippen molar-refractivity contribution in [2.24, 2.45) is 0 Å². The maximum Gasteiger partial charge on any atom is 0.418 e. The summed E-state index contributed by atoms with van der Waals surface area (Å²) in [4.78, 5) is 50.5.